The van der Waals surface area contributed by atoms with Gasteiger partial charge in [-0.15, -0.1) is 6.42 Å². The molecule has 76 valence electrons. The first kappa shape index (κ1) is 12.3. The molecular formula is C7H11O6-. The summed E-state index contributed by atoms with van der Waals surface area (Å²) in [5, 5.41) is 45.0. The van der Waals surface area contributed by atoms with Gasteiger partial charge in [-0.2, -0.15) is 0 Å². The number of terminal acetylenes is 1. The second-order valence-corrected chi connectivity index (χ2v) is 2.56. The Morgan fingerprint density at radius 1 is 1.46 bits per heavy atom. The van der Waals surface area contributed by atoms with Gasteiger partial charge in [0.25, 0.3) is 0 Å². The van der Waals surface area contributed by atoms with E-state index in [1.54, 1.807) is 5.92 Å². The molecule has 0 unspecified atom stereocenters. The average Bonchev–Trinajstić information content (AvgIpc) is 2.03. The monoisotopic (exact) mass is 191 g/mol. The fraction of sp³-hybridized carbons (Fsp3) is 0.714. The molecule has 0 spiro atoms. The highest BCUT2D eigenvalue weighted by Gasteiger charge is 2.34. The molecule has 0 fully saturated rings. The quantitative estimate of drug-likeness (QED) is 0.157. The molecule has 2 atom stereocenters. The third-order valence-corrected chi connectivity index (χ3v) is 1.51. The third-order valence-electron chi connectivity index (χ3n) is 1.51. The average molecular weight is 191 g/mol. The first-order chi connectivity index (χ1) is 5.96. The van der Waals surface area contributed by atoms with Crippen LogP contribution in [-0.4, -0.2) is 45.0 Å². The topological polar surface area (TPSA) is 113 Å². The summed E-state index contributed by atoms with van der Waals surface area (Å²) < 4.78 is 0. The minimum Gasteiger partial charge on any atom is -0.723 e. The highest BCUT2D eigenvalue weighted by molar-refractivity contribution is 5.11. The molecular weight excluding hydrogens is 180 g/mol. The number of hydrogen-bond donors (Lipinski definition) is 4. The van der Waals surface area contributed by atoms with E-state index >= 15 is 0 Å². The van der Waals surface area contributed by atoms with Gasteiger partial charge in [0.2, 0.25) is 0 Å². The van der Waals surface area contributed by atoms with Gasteiger partial charge in [0.1, 0.15) is 6.10 Å². The lowest BCUT2D eigenvalue weighted by molar-refractivity contribution is -0.693. The lowest BCUT2D eigenvalue weighted by Crippen LogP contribution is -2.47. The second kappa shape index (κ2) is 5.14. The Morgan fingerprint density at radius 2 is 2.00 bits per heavy atom. The van der Waals surface area contributed by atoms with Crippen molar-refractivity contribution in [3.63, 3.8) is 0 Å². The Bertz CT molecular complexity index is 186. The van der Waals surface area contributed by atoms with E-state index in [0.29, 0.717) is 0 Å². The molecule has 0 aromatic rings. The van der Waals surface area contributed by atoms with Gasteiger partial charge in [0.05, 0.1) is 6.61 Å². The number of rotatable bonds is 5. The summed E-state index contributed by atoms with van der Waals surface area (Å²) in [5.41, 5.74) is -2.19. The lowest BCUT2D eigenvalue weighted by Gasteiger charge is -2.29. The highest BCUT2D eigenvalue weighted by Crippen LogP contribution is 2.14. The smallest absolute Gasteiger partial charge is 0.173 e. The summed E-state index contributed by atoms with van der Waals surface area (Å²) in [7, 11) is 0. The third kappa shape index (κ3) is 3.69. The van der Waals surface area contributed by atoms with Crippen LogP contribution in [0.25, 0.3) is 0 Å². The van der Waals surface area contributed by atoms with Gasteiger partial charge in [-0.25, -0.2) is 0 Å². The van der Waals surface area contributed by atoms with Gasteiger partial charge in [-0.05, 0) is 0 Å². The molecule has 0 aromatic carbocycles. The zero-order chi connectivity index (χ0) is 10.5. The van der Waals surface area contributed by atoms with Crippen molar-refractivity contribution in [1.29, 1.82) is 0 Å². The minimum absolute atomic E-state index is 0.565. The molecule has 0 aliphatic carbocycles. The molecule has 0 saturated carbocycles. The number of aliphatic hydroxyl groups excluding tert-OH is 2. The first-order valence-electron chi connectivity index (χ1n) is 3.45. The molecule has 13 heavy (non-hydrogen) atoms. The largest absolute Gasteiger partial charge is 0.723 e. The van der Waals surface area contributed by atoms with Crippen LogP contribution >= 0.6 is 0 Å². The Balaban J connectivity index is 4.30. The molecule has 0 saturated heterocycles. The van der Waals surface area contributed by atoms with Gasteiger partial charge in [-0.3, -0.25) is 0 Å². The zero-order valence-electron chi connectivity index (χ0n) is 6.75. The Kier molecular flexibility index (Phi) is 4.87. The zero-order valence-corrected chi connectivity index (χ0v) is 6.75. The molecule has 4 N–H and O–H groups in total. The van der Waals surface area contributed by atoms with E-state index < -0.39 is 31.0 Å². The molecule has 0 aromatic heterocycles. The summed E-state index contributed by atoms with van der Waals surface area (Å²) >= 11 is 0. The molecule has 0 amide bonds. The van der Waals surface area contributed by atoms with E-state index in [1.165, 1.54) is 0 Å². The lowest BCUT2D eigenvalue weighted by atomic mass is 9.96. The van der Waals surface area contributed by atoms with Crippen molar-refractivity contribution >= 4 is 0 Å². The molecule has 0 bridgehead atoms. The van der Waals surface area contributed by atoms with Crippen molar-refractivity contribution in [2.45, 2.75) is 24.4 Å². The van der Waals surface area contributed by atoms with Crippen molar-refractivity contribution in [1.82, 2.24) is 0 Å². The fourth-order valence-corrected chi connectivity index (χ4v) is 0.719. The SMILES string of the molecule is C#C[C@@](O)(CO[O-])[C@@H](O)CC(O)O. The van der Waals surface area contributed by atoms with Gasteiger partial charge >= 0.3 is 0 Å². The molecule has 6 nitrogen and oxygen atoms in total. The normalized spacial score (nSPS) is 17.9. The molecule has 0 rings (SSSR count). The van der Waals surface area contributed by atoms with E-state index in [2.05, 4.69) is 4.89 Å². The highest BCUT2D eigenvalue weighted by atomic mass is 17.1. The molecule has 6 heteroatoms. The molecule has 0 radical (unpaired) electrons. The van der Waals surface area contributed by atoms with Gasteiger partial charge in [0.15, 0.2) is 11.9 Å². The van der Waals surface area contributed by atoms with Crippen LogP contribution in [0.4, 0.5) is 0 Å². The van der Waals surface area contributed by atoms with E-state index in [1.807, 2.05) is 0 Å². The predicted octanol–water partition coefficient (Wildman–Crippen LogP) is -3.30. The maximum Gasteiger partial charge on any atom is 0.173 e. The maximum atomic E-state index is 9.70. The number of aliphatic hydroxyl groups is 4. The van der Waals surface area contributed by atoms with Crippen molar-refractivity contribution in [2.75, 3.05) is 6.61 Å². The van der Waals surface area contributed by atoms with E-state index in [0.717, 1.165) is 0 Å². The van der Waals surface area contributed by atoms with Crippen molar-refractivity contribution in [3.8, 4) is 12.3 Å². The van der Waals surface area contributed by atoms with Crippen molar-refractivity contribution in [2.24, 2.45) is 0 Å². The summed E-state index contributed by atoms with van der Waals surface area (Å²) in [6.07, 6.45) is 0.811. The van der Waals surface area contributed by atoms with Crippen LogP contribution in [0, 0.1) is 12.3 Å². The van der Waals surface area contributed by atoms with Crippen LogP contribution in [0.15, 0.2) is 0 Å². The maximum absolute atomic E-state index is 9.70. The van der Waals surface area contributed by atoms with Crippen LogP contribution < -0.4 is 5.26 Å². The summed E-state index contributed by atoms with van der Waals surface area (Å²) in [6.45, 7) is -0.822. The molecule has 0 aliphatic heterocycles. The van der Waals surface area contributed by atoms with E-state index in [4.69, 9.17) is 21.7 Å². The Hall–Kier alpha value is -0.680. The summed E-state index contributed by atoms with van der Waals surface area (Å²) in [4.78, 5) is 3.33. The van der Waals surface area contributed by atoms with Crippen molar-refractivity contribution in [3.05, 3.63) is 0 Å². The Morgan fingerprint density at radius 3 is 2.31 bits per heavy atom. The fourth-order valence-electron chi connectivity index (χ4n) is 0.719. The van der Waals surface area contributed by atoms with Crippen LogP contribution in [-0.2, 0) is 4.89 Å². The van der Waals surface area contributed by atoms with Crippen LogP contribution in [0.5, 0.6) is 0 Å². The summed E-state index contributed by atoms with van der Waals surface area (Å²) in [6, 6.07) is 0. The summed E-state index contributed by atoms with van der Waals surface area (Å²) in [5.74, 6) is 1.74. The predicted molar refractivity (Wildman–Crippen MR) is 38.6 cm³/mol. The van der Waals surface area contributed by atoms with Gasteiger partial charge in [0, 0.05) is 6.42 Å². The minimum atomic E-state index is -2.19. The van der Waals surface area contributed by atoms with Gasteiger partial charge in [-0.1, -0.05) is 5.92 Å². The number of hydrogen-bond acceptors (Lipinski definition) is 6. The Labute approximate surface area is 74.9 Å². The molecule has 0 heterocycles. The standard InChI is InChI=1S/C7H12O6/c1-2-7(11,4-13-12)5(8)3-6(9)10/h1,5-6,8-12H,3-4H2/p-1/t5-,7+/m0/s1. The van der Waals surface area contributed by atoms with Crippen LogP contribution in [0.3, 0.4) is 0 Å². The van der Waals surface area contributed by atoms with E-state index in [9.17, 15) is 10.4 Å². The van der Waals surface area contributed by atoms with Crippen LogP contribution in [0.2, 0.25) is 0 Å². The first-order valence-corrected chi connectivity index (χ1v) is 3.45. The second-order valence-electron chi connectivity index (χ2n) is 2.56. The van der Waals surface area contributed by atoms with E-state index in [-0.39, 0.29) is 0 Å². The van der Waals surface area contributed by atoms with Crippen molar-refractivity contribution < 1.29 is 30.6 Å². The van der Waals surface area contributed by atoms with Gasteiger partial charge < -0.3 is 30.6 Å². The molecule has 0 aliphatic rings. The van der Waals surface area contributed by atoms with Crippen LogP contribution in [0.1, 0.15) is 6.42 Å².